The molecule has 3 heteroatoms. The number of carbonyl (C=O) groups is 1. The second-order valence-electron chi connectivity index (χ2n) is 3.83. The molecule has 0 saturated heterocycles. The minimum absolute atomic E-state index is 0.108. The van der Waals surface area contributed by atoms with Gasteiger partial charge in [-0.25, -0.2) is 9.90 Å². The number of rotatable bonds is 5. The van der Waals surface area contributed by atoms with Gasteiger partial charge in [0.2, 0.25) is 0 Å². The first-order valence-electron chi connectivity index (χ1n) is 5.74. The van der Waals surface area contributed by atoms with Gasteiger partial charge in [0.05, 0.1) is 13.0 Å². The third kappa shape index (κ3) is 3.10. The molecule has 0 unspecified atom stereocenters. The summed E-state index contributed by atoms with van der Waals surface area (Å²) in [7, 11) is 0. The quantitative estimate of drug-likeness (QED) is 0.807. The van der Waals surface area contributed by atoms with E-state index in [4.69, 9.17) is 4.74 Å². The Kier molecular flexibility index (Phi) is 3.97. The van der Waals surface area contributed by atoms with Gasteiger partial charge in [0.1, 0.15) is 5.75 Å². The SMILES string of the molecule is [O]C(=O)CCOc1ccccc1-c1ccccc1. The summed E-state index contributed by atoms with van der Waals surface area (Å²) in [5.74, 6) is -0.419. The van der Waals surface area contributed by atoms with Crippen LogP contribution >= 0.6 is 0 Å². The van der Waals surface area contributed by atoms with Gasteiger partial charge in [-0.3, -0.25) is 0 Å². The number of para-hydroxylation sites is 1. The number of ether oxygens (including phenoxy) is 1. The Hall–Kier alpha value is -2.29. The highest BCUT2D eigenvalue weighted by Crippen LogP contribution is 2.29. The van der Waals surface area contributed by atoms with E-state index in [-0.39, 0.29) is 13.0 Å². The summed E-state index contributed by atoms with van der Waals surface area (Å²) in [5.41, 5.74) is 2.00. The van der Waals surface area contributed by atoms with Crippen molar-refractivity contribution in [2.45, 2.75) is 6.42 Å². The van der Waals surface area contributed by atoms with Crippen LogP contribution in [0, 0.1) is 0 Å². The molecule has 91 valence electrons. The monoisotopic (exact) mass is 241 g/mol. The molecule has 3 nitrogen and oxygen atoms in total. The minimum atomic E-state index is -1.10. The van der Waals surface area contributed by atoms with E-state index >= 15 is 0 Å². The van der Waals surface area contributed by atoms with Crippen molar-refractivity contribution in [2.24, 2.45) is 0 Å². The molecule has 2 rings (SSSR count). The zero-order valence-electron chi connectivity index (χ0n) is 9.84. The standard InChI is InChI=1S/C15H13O3/c16-15(17)10-11-18-14-9-5-4-8-13(14)12-6-2-1-3-7-12/h1-9H,10-11H2. The van der Waals surface area contributed by atoms with E-state index in [2.05, 4.69) is 0 Å². The number of carbonyl (C=O) groups excluding carboxylic acids is 1. The maximum absolute atomic E-state index is 10.4. The Bertz CT molecular complexity index is 520. The Morgan fingerprint density at radius 1 is 0.944 bits per heavy atom. The fourth-order valence-corrected chi connectivity index (χ4v) is 1.69. The van der Waals surface area contributed by atoms with Gasteiger partial charge in [-0.1, -0.05) is 48.5 Å². The van der Waals surface area contributed by atoms with E-state index < -0.39 is 5.97 Å². The van der Waals surface area contributed by atoms with Crippen LogP contribution in [0.5, 0.6) is 5.75 Å². The largest absolute Gasteiger partial charge is 0.492 e. The molecule has 0 amide bonds. The number of hydrogen-bond acceptors (Lipinski definition) is 2. The molecule has 2 aromatic rings. The normalized spacial score (nSPS) is 10.0. The summed E-state index contributed by atoms with van der Waals surface area (Å²) >= 11 is 0. The molecule has 18 heavy (non-hydrogen) atoms. The van der Waals surface area contributed by atoms with Crippen molar-refractivity contribution >= 4 is 5.97 Å². The highest BCUT2D eigenvalue weighted by Gasteiger charge is 2.06. The van der Waals surface area contributed by atoms with Crippen molar-refractivity contribution in [3.8, 4) is 16.9 Å². The van der Waals surface area contributed by atoms with Crippen molar-refractivity contribution in [2.75, 3.05) is 6.61 Å². The Labute approximate surface area is 106 Å². The van der Waals surface area contributed by atoms with Crippen LogP contribution in [0.2, 0.25) is 0 Å². The molecular formula is C15H13O3. The van der Waals surface area contributed by atoms with Crippen molar-refractivity contribution in [1.82, 2.24) is 0 Å². The summed E-state index contributed by atoms with van der Waals surface area (Å²) in [6, 6.07) is 17.4. The first-order chi connectivity index (χ1) is 8.77. The molecule has 0 heterocycles. The zero-order chi connectivity index (χ0) is 12.8. The third-order valence-electron chi connectivity index (χ3n) is 2.54. The van der Waals surface area contributed by atoms with Crippen LogP contribution in [0.4, 0.5) is 0 Å². The van der Waals surface area contributed by atoms with Crippen LogP contribution in [-0.4, -0.2) is 12.6 Å². The maximum atomic E-state index is 10.4. The Morgan fingerprint density at radius 3 is 2.33 bits per heavy atom. The minimum Gasteiger partial charge on any atom is -0.492 e. The van der Waals surface area contributed by atoms with Gasteiger partial charge in [-0.2, -0.15) is 0 Å². The molecule has 0 aromatic heterocycles. The molecule has 0 bridgehead atoms. The lowest BCUT2D eigenvalue weighted by Crippen LogP contribution is -2.04. The highest BCUT2D eigenvalue weighted by atomic mass is 16.5. The van der Waals surface area contributed by atoms with E-state index in [0.29, 0.717) is 5.75 Å². The summed E-state index contributed by atoms with van der Waals surface area (Å²) < 4.78 is 5.48. The van der Waals surface area contributed by atoms with Crippen molar-refractivity contribution in [1.29, 1.82) is 0 Å². The number of benzene rings is 2. The van der Waals surface area contributed by atoms with Gasteiger partial charge in [-0.15, -0.1) is 0 Å². The Balaban J connectivity index is 2.18. The topological polar surface area (TPSA) is 46.2 Å². The molecule has 0 aliphatic carbocycles. The van der Waals surface area contributed by atoms with Crippen LogP contribution < -0.4 is 4.74 Å². The van der Waals surface area contributed by atoms with Crippen LogP contribution in [0.15, 0.2) is 54.6 Å². The average molecular weight is 241 g/mol. The molecule has 1 radical (unpaired) electrons. The van der Waals surface area contributed by atoms with E-state index in [1.807, 2.05) is 54.6 Å². The van der Waals surface area contributed by atoms with Crippen molar-refractivity contribution in [3.05, 3.63) is 54.6 Å². The fraction of sp³-hybridized carbons (Fsp3) is 0.133. The molecule has 0 spiro atoms. The van der Waals surface area contributed by atoms with Gasteiger partial charge in [-0.05, 0) is 11.6 Å². The van der Waals surface area contributed by atoms with Crippen molar-refractivity contribution in [3.63, 3.8) is 0 Å². The first-order valence-corrected chi connectivity index (χ1v) is 5.74. The van der Waals surface area contributed by atoms with Gasteiger partial charge < -0.3 is 4.74 Å². The van der Waals surface area contributed by atoms with Gasteiger partial charge in [0, 0.05) is 5.56 Å². The zero-order valence-corrected chi connectivity index (χ0v) is 9.84. The van der Waals surface area contributed by atoms with Gasteiger partial charge in [0.15, 0.2) is 0 Å². The average Bonchev–Trinajstić information content (AvgIpc) is 2.40. The van der Waals surface area contributed by atoms with Gasteiger partial charge >= 0.3 is 5.97 Å². The van der Waals surface area contributed by atoms with E-state index in [0.717, 1.165) is 11.1 Å². The molecule has 0 saturated carbocycles. The third-order valence-corrected chi connectivity index (χ3v) is 2.54. The summed E-state index contributed by atoms with van der Waals surface area (Å²) in [6.45, 7) is 0.117. The second kappa shape index (κ2) is 5.87. The summed E-state index contributed by atoms with van der Waals surface area (Å²) in [6.07, 6.45) is -0.108. The van der Waals surface area contributed by atoms with Crippen molar-refractivity contribution < 1.29 is 14.6 Å². The molecule has 0 N–H and O–H groups in total. The molecule has 2 aromatic carbocycles. The van der Waals surface area contributed by atoms with Crippen LogP contribution in [0.3, 0.4) is 0 Å². The summed E-state index contributed by atoms with van der Waals surface area (Å²) in [5, 5.41) is 10.4. The lowest BCUT2D eigenvalue weighted by atomic mass is 10.1. The predicted octanol–water partition coefficient (Wildman–Crippen LogP) is 3.08. The second-order valence-corrected chi connectivity index (χ2v) is 3.83. The molecule has 0 fully saturated rings. The highest BCUT2D eigenvalue weighted by molar-refractivity contribution is 5.70. The van der Waals surface area contributed by atoms with Crippen LogP contribution in [0.25, 0.3) is 11.1 Å². The van der Waals surface area contributed by atoms with E-state index in [1.165, 1.54) is 0 Å². The maximum Gasteiger partial charge on any atom is 0.358 e. The molecule has 0 aliphatic heterocycles. The molecule has 0 aliphatic rings. The van der Waals surface area contributed by atoms with Crippen LogP contribution in [-0.2, 0) is 9.90 Å². The van der Waals surface area contributed by atoms with E-state index in [1.54, 1.807) is 0 Å². The lowest BCUT2D eigenvalue weighted by molar-refractivity contribution is -0.143. The predicted molar refractivity (Wildman–Crippen MR) is 67.7 cm³/mol. The van der Waals surface area contributed by atoms with Gasteiger partial charge in [0.25, 0.3) is 0 Å². The van der Waals surface area contributed by atoms with Crippen LogP contribution in [0.1, 0.15) is 6.42 Å². The van der Waals surface area contributed by atoms with E-state index in [9.17, 15) is 9.90 Å². The number of hydrogen-bond donors (Lipinski definition) is 0. The molecule has 0 atom stereocenters. The first kappa shape index (κ1) is 12.2. The molecular weight excluding hydrogens is 228 g/mol. The smallest absolute Gasteiger partial charge is 0.358 e. The fourth-order valence-electron chi connectivity index (χ4n) is 1.69. The summed E-state index contributed by atoms with van der Waals surface area (Å²) in [4.78, 5) is 10.4. The lowest BCUT2D eigenvalue weighted by Gasteiger charge is -2.10. The Morgan fingerprint density at radius 2 is 1.61 bits per heavy atom.